The lowest BCUT2D eigenvalue weighted by Crippen LogP contribution is -2.29. The van der Waals surface area contributed by atoms with Crippen LogP contribution in [0.2, 0.25) is 0 Å². The Balaban J connectivity index is 1.97. The average molecular weight is 153 g/mol. The molecule has 60 valence electrons. The van der Waals surface area contributed by atoms with Crippen molar-refractivity contribution in [3.63, 3.8) is 0 Å². The smallest absolute Gasteiger partial charge is 0.307 e. The summed E-state index contributed by atoms with van der Waals surface area (Å²) in [5, 5.41) is 8.87. The molecule has 6 unspecified atom stereocenters. The lowest BCUT2D eigenvalue weighted by molar-refractivity contribution is -0.143. The van der Waals surface area contributed by atoms with Crippen molar-refractivity contribution in [1.82, 2.24) is 0 Å². The number of carbonyl (C=O) groups is 1. The highest BCUT2D eigenvalue weighted by Gasteiger charge is 2.74. The molecule has 4 rings (SSSR count). The zero-order valence-corrected chi connectivity index (χ0v) is 6.10. The molecule has 4 aliphatic carbocycles. The Kier molecular flexibility index (Phi) is 0.796. The minimum Gasteiger partial charge on any atom is -0.481 e. The molecule has 0 aliphatic heterocycles. The quantitative estimate of drug-likeness (QED) is 0.553. The largest absolute Gasteiger partial charge is 0.481 e. The van der Waals surface area contributed by atoms with Crippen molar-refractivity contribution in [2.24, 2.45) is 35.3 Å². The number of rotatable bonds is 1. The lowest BCUT2D eigenvalue weighted by atomic mass is 9.96. The molecule has 4 saturated carbocycles. The third kappa shape index (κ3) is 0.466. The highest BCUT2D eigenvalue weighted by atomic mass is 16.4. The highest BCUT2D eigenvalue weighted by Crippen LogP contribution is 2.72. The number of hydrogen-bond acceptors (Lipinski definition) is 2. The Morgan fingerprint density at radius 2 is 2.09 bits per heavy atom. The fourth-order valence-corrected chi connectivity index (χ4v) is 3.57. The van der Waals surface area contributed by atoms with Crippen molar-refractivity contribution >= 4 is 5.97 Å². The Bertz CT molecular complexity index is 240. The minimum absolute atomic E-state index is 0.0833. The van der Waals surface area contributed by atoms with Crippen LogP contribution >= 0.6 is 0 Å². The van der Waals surface area contributed by atoms with Crippen molar-refractivity contribution in [2.75, 3.05) is 0 Å². The van der Waals surface area contributed by atoms with E-state index < -0.39 is 5.97 Å². The van der Waals surface area contributed by atoms with Crippen molar-refractivity contribution in [3.8, 4) is 0 Å². The van der Waals surface area contributed by atoms with Crippen LogP contribution in [0.5, 0.6) is 0 Å². The molecule has 4 bridgehead atoms. The molecule has 0 radical (unpaired) electrons. The molecule has 0 aromatic rings. The van der Waals surface area contributed by atoms with Gasteiger partial charge < -0.3 is 10.8 Å². The van der Waals surface area contributed by atoms with E-state index in [1.165, 1.54) is 0 Å². The molecular weight excluding hydrogens is 142 g/mol. The van der Waals surface area contributed by atoms with Gasteiger partial charge in [0.2, 0.25) is 0 Å². The summed E-state index contributed by atoms with van der Waals surface area (Å²) in [6, 6.07) is 0.214. The fraction of sp³-hybridized carbons (Fsp3) is 0.875. The lowest BCUT2D eigenvalue weighted by Gasteiger charge is -2.12. The number of carboxylic acids is 1. The van der Waals surface area contributed by atoms with Crippen molar-refractivity contribution < 1.29 is 9.90 Å². The van der Waals surface area contributed by atoms with E-state index in [0.717, 1.165) is 6.42 Å². The molecule has 4 fully saturated rings. The van der Waals surface area contributed by atoms with Gasteiger partial charge in [0.05, 0.1) is 5.92 Å². The van der Waals surface area contributed by atoms with E-state index in [9.17, 15) is 4.79 Å². The van der Waals surface area contributed by atoms with E-state index in [4.69, 9.17) is 10.8 Å². The molecule has 3 heteroatoms. The third-order valence-corrected chi connectivity index (χ3v) is 3.94. The van der Waals surface area contributed by atoms with Gasteiger partial charge in [-0.3, -0.25) is 4.79 Å². The molecule has 0 saturated heterocycles. The van der Waals surface area contributed by atoms with Crippen LogP contribution in [0.15, 0.2) is 0 Å². The Morgan fingerprint density at radius 3 is 2.27 bits per heavy atom. The van der Waals surface area contributed by atoms with Crippen LogP contribution in [0, 0.1) is 29.6 Å². The van der Waals surface area contributed by atoms with Crippen LogP contribution in [0.25, 0.3) is 0 Å². The molecule has 6 atom stereocenters. The zero-order chi connectivity index (χ0) is 7.75. The monoisotopic (exact) mass is 153 g/mol. The first-order chi connectivity index (χ1) is 5.22. The van der Waals surface area contributed by atoms with Crippen LogP contribution in [-0.4, -0.2) is 17.1 Å². The standard InChI is InChI=1S/C8H11NO2/c9-7-3-1-2-4(5(2)7)6(3)8(10)11/h2-7H,1,9H2,(H,10,11). The maximum absolute atomic E-state index is 10.8. The summed E-state index contributed by atoms with van der Waals surface area (Å²) >= 11 is 0. The zero-order valence-electron chi connectivity index (χ0n) is 6.10. The van der Waals surface area contributed by atoms with Gasteiger partial charge in [-0.1, -0.05) is 0 Å². The fourth-order valence-electron chi connectivity index (χ4n) is 3.57. The molecule has 0 heterocycles. The molecule has 4 aliphatic rings. The molecule has 11 heavy (non-hydrogen) atoms. The highest BCUT2D eigenvalue weighted by molar-refractivity contribution is 5.73. The van der Waals surface area contributed by atoms with Crippen molar-refractivity contribution in [2.45, 2.75) is 12.5 Å². The van der Waals surface area contributed by atoms with E-state index >= 15 is 0 Å². The second-order valence-electron chi connectivity index (χ2n) is 4.16. The summed E-state index contributed by atoms with van der Waals surface area (Å²) in [5.41, 5.74) is 5.87. The van der Waals surface area contributed by atoms with Gasteiger partial charge in [-0.2, -0.15) is 0 Å². The van der Waals surface area contributed by atoms with Crippen molar-refractivity contribution in [3.05, 3.63) is 0 Å². The van der Waals surface area contributed by atoms with Gasteiger partial charge in [0, 0.05) is 6.04 Å². The number of hydrogen-bond donors (Lipinski definition) is 2. The normalized spacial score (nSPS) is 63.4. The summed E-state index contributed by atoms with van der Waals surface area (Å²) in [6.45, 7) is 0. The van der Waals surface area contributed by atoms with E-state index in [0.29, 0.717) is 23.7 Å². The van der Waals surface area contributed by atoms with Gasteiger partial charge in [0.1, 0.15) is 0 Å². The molecule has 3 N–H and O–H groups in total. The first-order valence-electron chi connectivity index (χ1n) is 4.20. The van der Waals surface area contributed by atoms with E-state index in [-0.39, 0.29) is 12.0 Å². The minimum atomic E-state index is -0.613. The Morgan fingerprint density at radius 1 is 1.36 bits per heavy atom. The van der Waals surface area contributed by atoms with Crippen LogP contribution in [0.3, 0.4) is 0 Å². The summed E-state index contributed by atoms with van der Waals surface area (Å²) in [7, 11) is 0. The summed E-state index contributed by atoms with van der Waals surface area (Å²) in [4.78, 5) is 10.8. The van der Waals surface area contributed by atoms with Gasteiger partial charge >= 0.3 is 5.97 Å². The van der Waals surface area contributed by atoms with Gasteiger partial charge in [0.15, 0.2) is 0 Å². The first kappa shape index (κ1) is 6.00. The molecule has 0 amide bonds. The average Bonchev–Trinajstić information content (AvgIpc) is 2.33. The Hall–Kier alpha value is -0.570. The van der Waals surface area contributed by atoms with E-state index in [2.05, 4.69) is 0 Å². The molecular formula is C8H11NO2. The molecule has 0 aromatic heterocycles. The predicted octanol–water partition coefficient (Wildman–Crippen LogP) is -0.0898. The van der Waals surface area contributed by atoms with Crippen LogP contribution < -0.4 is 5.73 Å². The summed E-state index contributed by atoms with van der Waals surface area (Å²) in [6.07, 6.45) is 1.09. The summed E-state index contributed by atoms with van der Waals surface area (Å²) in [5.74, 6) is 1.36. The molecule has 3 nitrogen and oxygen atoms in total. The van der Waals surface area contributed by atoms with Crippen LogP contribution in [0.1, 0.15) is 6.42 Å². The number of nitrogens with two attached hydrogens (primary N) is 1. The van der Waals surface area contributed by atoms with Gasteiger partial charge in [-0.05, 0) is 30.1 Å². The van der Waals surface area contributed by atoms with Gasteiger partial charge in [0.25, 0.3) is 0 Å². The molecule has 0 aromatic carbocycles. The summed E-state index contributed by atoms with van der Waals surface area (Å²) < 4.78 is 0. The molecule has 0 spiro atoms. The first-order valence-corrected chi connectivity index (χ1v) is 4.20. The van der Waals surface area contributed by atoms with Crippen LogP contribution in [0.4, 0.5) is 0 Å². The second-order valence-corrected chi connectivity index (χ2v) is 4.16. The topological polar surface area (TPSA) is 63.3 Å². The maximum Gasteiger partial charge on any atom is 0.307 e. The Labute approximate surface area is 64.6 Å². The van der Waals surface area contributed by atoms with Crippen molar-refractivity contribution in [1.29, 1.82) is 0 Å². The van der Waals surface area contributed by atoms with Gasteiger partial charge in [-0.15, -0.1) is 0 Å². The van der Waals surface area contributed by atoms with E-state index in [1.807, 2.05) is 0 Å². The van der Waals surface area contributed by atoms with Gasteiger partial charge in [-0.25, -0.2) is 0 Å². The third-order valence-electron chi connectivity index (χ3n) is 3.94. The van der Waals surface area contributed by atoms with E-state index in [1.54, 1.807) is 0 Å². The van der Waals surface area contributed by atoms with Crippen LogP contribution in [-0.2, 0) is 4.79 Å². The number of aliphatic carboxylic acids is 1. The SMILES string of the molecule is NC1C2CC3C1C3C2C(=O)O. The second kappa shape index (κ2) is 1.46. The number of carboxylic acid groups (broad SMARTS) is 1. The maximum atomic E-state index is 10.8. The predicted molar refractivity (Wildman–Crippen MR) is 37.7 cm³/mol.